The second-order valence-electron chi connectivity index (χ2n) is 6.57. The molecule has 4 heteroatoms. The maximum Gasteiger partial charge on any atom is 0.279 e. The van der Waals surface area contributed by atoms with E-state index < -0.39 is 23.2 Å². The third-order valence-corrected chi connectivity index (χ3v) is 5.28. The van der Waals surface area contributed by atoms with Gasteiger partial charge in [-0.3, -0.25) is 0 Å². The van der Waals surface area contributed by atoms with E-state index in [1.807, 2.05) is 0 Å². The zero-order chi connectivity index (χ0) is 15.2. The summed E-state index contributed by atoms with van der Waals surface area (Å²) < 4.78 is 48.6. The first-order valence-corrected chi connectivity index (χ1v) is 7.68. The molecule has 1 aromatic rings. The molecule has 0 amide bonds. The summed E-state index contributed by atoms with van der Waals surface area (Å²) in [6.07, 6.45) is 3.93. The minimum Gasteiger partial charge on any atom is -0.494 e. The van der Waals surface area contributed by atoms with Gasteiger partial charge in [0.25, 0.3) is 5.92 Å². The van der Waals surface area contributed by atoms with E-state index >= 15 is 0 Å². The Bertz CT molecular complexity index is 533. The van der Waals surface area contributed by atoms with E-state index in [-0.39, 0.29) is 18.1 Å². The fraction of sp³-hybridized carbons (Fsp3) is 0.647. The van der Waals surface area contributed by atoms with Crippen molar-refractivity contribution in [2.45, 2.75) is 45.0 Å². The highest BCUT2D eigenvalue weighted by atomic mass is 19.3. The first-order chi connectivity index (χ1) is 9.95. The second kappa shape index (κ2) is 5.22. The Morgan fingerprint density at radius 2 is 1.81 bits per heavy atom. The van der Waals surface area contributed by atoms with Crippen molar-refractivity contribution >= 4 is 0 Å². The molecule has 1 aromatic carbocycles. The first-order valence-electron chi connectivity index (χ1n) is 7.68. The smallest absolute Gasteiger partial charge is 0.279 e. The van der Waals surface area contributed by atoms with E-state index in [2.05, 4.69) is 6.92 Å². The van der Waals surface area contributed by atoms with Gasteiger partial charge in [0.05, 0.1) is 12.7 Å². The fourth-order valence-electron chi connectivity index (χ4n) is 3.99. The van der Waals surface area contributed by atoms with E-state index in [1.165, 1.54) is 13.2 Å². The predicted molar refractivity (Wildman–Crippen MR) is 75.2 cm³/mol. The van der Waals surface area contributed by atoms with E-state index in [4.69, 9.17) is 4.74 Å². The Morgan fingerprint density at radius 1 is 1.14 bits per heavy atom. The van der Waals surface area contributed by atoms with Gasteiger partial charge in [-0.15, -0.1) is 0 Å². The minimum absolute atomic E-state index is 0.00556. The molecule has 0 heterocycles. The molecule has 0 aromatic heterocycles. The van der Waals surface area contributed by atoms with Crippen LogP contribution in [0, 0.1) is 23.6 Å². The van der Waals surface area contributed by atoms with Crippen LogP contribution in [0.15, 0.2) is 12.1 Å². The average molecular weight is 298 g/mol. The van der Waals surface area contributed by atoms with Crippen molar-refractivity contribution in [3.63, 3.8) is 0 Å². The molecule has 1 unspecified atom stereocenters. The van der Waals surface area contributed by atoms with E-state index in [0.29, 0.717) is 11.5 Å². The normalized spacial score (nSPS) is 31.0. The van der Waals surface area contributed by atoms with Crippen molar-refractivity contribution in [2.75, 3.05) is 7.11 Å². The van der Waals surface area contributed by atoms with Gasteiger partial charge in [0.2, 0.25) is 0 Å². The van der Waals surface area contributed by atoms with Crippen molar-refractivity contribution < 1.29 is 17.9 Å². The number of alkyl halides is 2. The van der Waals surface area contributed by atoms with Crippen LogP contribution in [0.3, 0.4) is 0 Å². The summed E-state index contributed by atoms with van der Waals surface area (Å²) in [7, 11) is 1.30. The fourth-order valence-corrected chi connectivity index (χ4v) is 3.99. The van der Waals surface area contributed by atoms with Gasteiger partial charge in [-0.2, -0.15) is 0 Å². The molecule has 1 saturated carbocycles. The van der Waals surface area contributed by atoms with E-state index in [0.717, 1.165) is 25.7 Å². The molecular formula is C17H21F3O. The Morgan fingerprint density at radius 3 is 2.43 bits per heavy atom. The van der Waals surface area contributed by atoms with E-state index in [1.54, 1.807) is 6.07 Å². The summed E-state index contributed by atoms with van der Waals surface area (Å²) in [5.41, 5.74) is 0.0207. The number of hydrogen-bond donors (Lipinski definition) is 0. The van der Waals surface area contributed by atoms with Crippen molar-refractivity contribution in [3.8, 4) is 5.75 Å². The molecule has 116 valence electrons. The molecule has 2 aliphatic rings. The molecule has 1 fully saturated rings. The van der Waals surface area contributed by atoms with Gasteiger partial charge < -0.3 is 4.74 Å². The minimum atomic E-state index is -3.08. The number of hydrogen-bond acceptors (Lipinski definition) is 1. The van der Waals surface area contributed by atoms with Crippen LogP contribution in [0.2, 0.25) is 0 Å². The third kappa shape index (κ3) is 2.33. The van der Waals surface area contributed by atoms with Crippen LogP contribution < -0.4 is 4.74 Å². The lowest BCUT2D eigenvalue weighted by atomic mass is 9.74. The lowest BCUT2D eigenvalue weighted by Crippen LogP contribution is -2.31. The van der Waals surface area contributed by atoms with Crippen molar-refractivity contribution in [1.82, 2.24) is 0 Å². The summed E-state index contributed by atoms with van der Waals surface area (Å²) in [5.74, 6) is -4.21. The van der Waals surface area contributed by atoms with Gasteiger partial charge in [-0.05, 0) is 42.7 Å². The van der Waals surface area contributed by atoms with Crippen molar-refractivity contribution in [1.29, 1.82) is 0 Å². The zero-order valence-corrected chi connectivity index (χ0v) is 12.5. The highest BCUT2D eigenvalue weighted by molar-refractivity contribution is 5.44. The Kier molecular flexibility index (Phi) is 3.66. The van der Waals surface area contributed by atoms with Crippen molar-refractivity contribution in [3.05, 3.63) is 29.1 Å². The topological polar surface area (TPSA) is 9.23 Å². The number of fused-ring (bicyclic) bond motifs is 1. The molecule has 1 atom stereocenters. The van der Waals surface area contributed by atoms with Crippen LogP contribution in [-0.4, -0.2) is 7.11 Å². The average Bonchev–Trinajstić information content (AvgIpc) is 2.72. The van der Waals surface area contributed by atoms with Gasteiger partial charge >= 0.3 is 0 Å². The molecule has 0 N–H and O–H groups in total. The third-order valence-electron chi connectivity index (χ3n) is 5.28. The zero-order valence-electron chi connectivity index (χ0n) is 12.5. The van der Waals surface area contributed by atoms with Crippen LogP contribution in [0.4, 0.5) is 13.2 Å². The van der Waals surface area contributed by atoms with Crippen LogP contribution in [0.25, 0.3) is 0 Å². The first kappa shape index (κ1) is 14.7. The van der Waals surface area contributed by atoms with Crippen LogP contribution in [-0.2, 0) is 12.3 Å². The Balaban J connectivity index is 1.92. The summed E-state index contributed by atoms with van der Waals surface area (Å²) in [5, 5.41) is 0. The SMILES string of the molecule is COc1ccc2c(c1F)C(F)(F)C(C1CCC(C)CC1)C2. The standard InChI is InChI=1S/C17H21F3O/c1-10-3-5-11(6-4-10)13-9-12-7-8-14(21-2)16(18)15(12)17(13,19)20/h7-8,10-11,13H,3-6,9H2,1-2H3. The van der Waals surface area contributed by atoms with Crippen molar-refractivity contribution in [2.24, 2.45) is 17.8 Å². The molecule has 0 radical (unpaired) electrons. The van der Waals surface area contributed by atoms with Crippen LogP contribution in [0.5, 0.6) is 5.75 Å². The molecule has 21 heavy (non-hydrogen) atoms. The lowest BCUT2D eigenvalue weighted by molar-refractivity contribution is -0.0837. The Labute approximate surface area is 123 Å². The van der Waals surface area contributed by atoms with Gasteiger partial charge in [0.15, 0.2) is 11.6 Å². The molecular weight excluding hydrogens is 277 g/mol. The molecule has 0 aliphatic heterocycles. The van der Waals surface area contributed by atoms with Gasteiger partial charge in [0, 0.05) is 5.92 Å². The number of ether oxygens (including phenoxy) is 1. The predicted octanol–water partition coefficient (Wildman–Crippen LogP) is 4.92. The number of halogens is 3. The molecule has 0 spiro atoms. The largest absolute Gasteiger partial charge is 0.494 e. The highest BCUT2D eigenvalue weighted by Gasteiger charge is 2.53. The van der Waals surface area contributed by atoms with Gasteiger partial charge in [-0.25, -0.2) is 13.2 Å². The highest BCUT2D eigenvalue weighted by Crippen LogP contribution is 2.54. The maximum absolute atomic E-state index is 14.8. The molecule has 1 nitrogen and oxygen atoms in total. The summed E-state index contributed by atoms with van der Waals surface area (Å²) >= 11 is 0. The summed E-state index contributed by atoms with van der Waals surface area (Å²) in [4.78, 5) is 0. The number of benzene rings is 1. The van der Waals surface area contributed by atoms with Crippen LogP contribution in [0.1, 0.15) is 43.7 Å². The number of rotatable bonds is 2. The molecule has 0 bridgehead atoms. The number of methoxy groups -OCH3 is 1. The van der Waals surface area contributed by atoms with Gasteiger partial charge in [0.1, 0.15) is 0 Å². The maximum atomic E-state index is 14.8. The summed E-state index contributed by atoms with van der Waals surface area (Å²) in [6.45, 7) is 2.17. The monoisotopic (exact) mass is 298 g/mol. The summed E-state index contributed by atoms with van der Waals surface area (Å²) in [6, 6.07) is 3.05. The van der Waals surface area contributed by atoms with E-state index in [9.17, 15) is 13.2 Å². The van der Waals surface area contributed by atoms with Gasteiger partial charge in [-0.1, -0.05) is 25.8 Å². The van der Waals surface area contributed by atoms with Crippen LogP contribution >= 0.6 is 0 Å². The second-order valence-corrected chi connectivity index (χ2v) is 6.57. The lowest BCUT2D eigenvalue weighted by Gasteiger charge is -2.33. The molecule has 0 saturated heterocycles. The molecule has 3 rings (SSSR count). The quantitative estimate of drug-likeness (QED) is 0.752. The molecule has 2 aliphatic carbocycles. The Hall–Kier alpha value is -1.19.